The minimum absolute atomic E-state index is 0.0525. The number of ether oxygens (including phenoxy) is 2. The van der Waals surface area contributed by atoms with E-state index in [9.17, 15) is 4.79 Å². The van der Waals surface area contributed by atoms with Crippen molar-refractivity contribution in [3.63, 3.8) is 0 Å². The van der Waals surface area contributed by atoms with E-state index in [1.807, 2.05) is 0 Å². The van der Waals surface area contributed by atoms with Gasteiger partial charge in [-0.25, -0.2) is 0 Å². The number of rotatable bonds is 3. The SMILES string of the molecule is COc1cc(C)ccc1[C@H]1OCC[C@@]23C[C@@H](C[C@H]12)C(C)(C)[C@@H]3NC(C)=O. The van der Waals surface area contributed by atoms with Crippen molar-refractivity contribution in [1.82, 2.24) is 5.32 Å². The fourth-order valence-corrected chi connectivity index (χ4v) is 6.35. The molecule has 4 rings (SSSR count). The van der Waals surface area contributed by atoms with E-state index in [4.69, 9.17) is 9.47 Å². The van der Waals surface area contributed by atoms with Crippen LogP contribution in [0, 0.1) is 29.6 Å². The number of aryl methyl sites for hydroxylation is 1. The molecule has 1 aliphatic heterocycles. The van der Waals surface area contributed by atoms with Gasteiger partial charge in [-0.2, -0.15) is 0 Å². The van der Waals surface area contributed by atoms with Gasteiger partial charge in [0.2, 0.25) is 5.91 Å². The van der Waals surface area contributed by atoms with Gasteiger partial charge in [-0.3, -0.25) is 4.79 Å². The Morgan fingerprint density at radius 2 is 2.12 bits per heavy atom. The van der Waals surface area contributed by atoms with Crippen LogP contribution in [-0.2, 0) is 9.53 Å². The van der Waals surface area contributed by atoms with Crippen LogP contribution in [0.15, 0.2) is 18.2 Å². The summed E-state index contributed by atoms with van der Waals surface area (Å²) in [5, 5.41) is 3.34. The molecule has 4 heteroatoms. The summed E-state index contributed by atoms with van der Waals surface area (Å²) >= 11 is 0. The molecule has 3 fully saturated rings. The van der Waals surface area contributed by atoms with Crippen LogP contribution in [0.25, 0.3) is 0 Å². The van der Waals surface area contributed by atoms with Crippen LogP contribution in [0.5, 0.6) is 5.75 Å². The number of carbonyl (C=O) groups excluding carboxylic acids is 1. The summed E-state index contributed by atoms with van der Waals surface area (Å²) in [6.45, 7) is 9.15. The molecule has 2 aliphatic carbocycles. The fourth-order valence-electron chi connectivity index (χ4n) is 6.35. The first-order valence-electron chi connectivity index (χ1n) is 9.83. The summed E-state index contributed by atoms with van der Waals surface area (Å²) in [4.78, 5) is 12.0. The van der Waals surface area contributed by atoms with E-state index in [-0.39, 0.29) is 28.9 Å². The predicted octanol–water partition coefficient (Wildman–Crippen LogP) is 4.02. The Morgan fingerprint density at radius 1 is 1.35 bits per heavy atom. The molecule has 5 atom stereocenters. The van der Waals surface area contributed by atoms with Gasteiger partial charge in [0.15, 0.2) is 0 Å². The Balaban J connectivity index is 1.74. The number of hydrogen-bond acceptors (Lipinski definition) is 3. The maximum atomic E-state index is 12.0. The monoisotopic (exact) mass is 357 g/mol. The highest BCUT2D eigenvalue weighted by molar-refractivity contribution is 5.73. The molecule has 0 aromatic heterocycles. The molecule has 1 spiro atoms. The number of fused-ring (bicyclic) bond motifs is 1. The van der Waals surface area contributed by atoms with Crippen LogP contribution in [-0.4, -0.2) is 25.7 Å². The second-order valence-corrected chi connectivity index (χ2v) is 9.22. The molecule has 1 aromatic rings. The number of carbonyl (C=O) groups is 1. The van der Waals surface area contributed by atoms with Crippen LogP contribution in [0.4, 0.5) is 0 Å². The summed E-state index contributed by atoms with van der Waals surface area (Å²) in [6, 6.07) is 6.63. The first-order chi connectivity index (χ1) is 12.3. The molecular weight excluding hydrogens is 326 g/mol. The Bertz CT molecular complexity index is 728. The first-order valence-corrected chi connectivity index (χ1v) is 9.83. The van der Waals surface area contributed by atoms with Crippen molar-refractivity contribution in [1.29, 1.82) is 0 Å². The molecule has 2 saturated carbocycles. The lowest BCUT2D eigenvalue weighted by molar-refractivity contribution is -0.136. The zero-order valence-electron chi connectivity index (χ0n) is 16.6. The third-order valence-corrected chi connectivity index (χ3v) is 7.55. The van der Waals surface area contributed by atoms with E-state index in [1.54, 1.807) is 14.0 Å². The van der Waals surface area contributed by atoms with Crippen molar-refractivity contribution in [3.8, 4) is 5.75 Å². The maximum Gasteiger partial charge on any atom is 0.217 e. The lowest BCUT2D eigenvalue weighted by atomic mass is 9.58. The molecular formula is C22H31NO3. The van der Waals surface area contributed by atoms with E-state index in [0.717, 1.165) is 24.3 Å². The van der Waals surface area contributed by atoms with Crippen LogP contribution in [0.1, 0.15) is 57.3 Å². The van der Waals surface area contributed by atoms with Gasteiger partial charge in [-0.15, -0.1) is 0 Å². The first kappa shape index (κ1) is 17.8. The number of methoxy groups -OCH3 is 1. The summed E-state index contributed by atoms with van der Waals surface area (Å²) < 4.78 is 12.0. The zero-order valence-corrected chi connectivity index (χ0v) is 16.6. The average Bonchev–Trinajstić information content (AvgIpc) is 3.07. The standard InChI is InChI=1S/C22H31NO3/c1-13-6-7-16(18(10-13)25-5)19-17-11-15-12-22(17,8-9-26-19)20(21(15,3)4)23-14(2)24/h6-7,10,15,17,19-20H,8-9,11-12H2,1-5H3,(H,23,24)/t15-,17-,19-,20+,22-/m1/s1. The quantitative estimate of drug-likeness (QED) is 0.889. The second-order valence-electron chi connectivity index (χ2n) is 9.22. The Morgan fingerprint density at radius 3 is 2.81 bits per heavy atom. The maximum absolute atomic E-state index is 12.0. The highest BCUT2D eigenvalue weighted by Crippen LogP contribution is 2.70. The molecule has 0 radical (unpaired) electrons. The van der Waals surface area contributed by atoms with Crippen LogP contribution < -0.4 is 10.1 Å². The van der Waals surface area contributed by atoms with E-state index in [0.29, 0.717) is 11.8 Å². The van der Waals surface area contributed by atoms with Crippen molar-refractivity contribution < 1.29 is 14.3 Å². The topological polar surface area (TPSA) is 47.6 Å². The van der Waals surface area contributed by atoms with Gasteiger partial charge >= 0.3 is 0 Å². The largest absolute Gasteiger partial charge is 0.496 e. The Labute approximate surface area is 156 Å². The number of hydrogen-bond donors (Lipinski definition) is 1. The third kappa shape index (κ3) is 2.41. The van der Waals surface area contributed by atoms with Gasteiger partial charge in [-0.05, 0) is 60.5 Å². The summed E-state index contributed by atoms with van der Waals surface area (Å²) in [5.74, 6) is 2.07. The van der Waals surface area contributed by atoms with Crippen LogP contribution in [0.2, 0.25) is 0 Å². The summed E-state index contributed by atoms with van der Waals surface area (Å²) in [5.41, 5.74) is 2.63. The number of amides is 1. The molecule has 1 saturated heterocycles. The smallest absolute Gasteiger partial charge is 0.217 e. The average molecular weight is 357 g/mol. The molecule has 26 heavy (non-hydrogen) atoms. The Kier molecular flexibility index (Phi) is 4.11. The van der Waals surface area contributed by atoms with Gasteiger partial charge in [0.1, 0.15) is 5.75 Å². The normalized spacial score (nSPS) is 37.3. The summed E-state index contributed by atoms with van der Waals surface area (Å²) in [6.07, 6.45) is 3.46. The third-order valence-electron chi connectivity index (χ3n) is 7.55. The van der Waals surface area contributed by atoms with E-state index < -0.39 is 0 Å². The summed E-state index contributed by atoms with van der Waals surface area (Å²) in [7, 11) is 1.74. The van der Waals surface area contributed by atoms with Crippen LogP contribution in [0.3, 0.4) is 0 Å². The molecule has 4 nitrogen and oxygen atoms in total. The molecule has 142 valence electrons. The van der Waals surface area contributed by atoms with Gasteiger partial charge in [0.25, 0.3) is 0 Å². The van der Waals surface area contributed by atoms with Crippen molar-refractivity contribution >= 4 is 5.91 Å². The number of nitrogens with one attached hydrogen (secondary N) is 1. The molecule has 0 unspecified atom stereocenters. The second kappa shape index (κ2) is 5.98. The molecule has 2 bridgehead atoms. The van der Waals surface area contributed by atoms with Crippen molar-refractivity contribution in [2.45, 2.75) is 59.1 Å². The minimum Gasteiger partial charge on any atom is -0.496 e. The van der Waals surface area contributed by atoms with Gasteiger partial charge in [0.05, 0.1) is 13.2 Å². The molecule has 1 heterocycles. The zero-order chi connectivity index (χ0) is 18.7. The van der Waals surface area contributed by atoms with Crippen molar-refractivity contribution in [2.75, 3.05) is 13.7 Å². The lowest BCUT2D eigenvalue weighted by Crippen LogP contribution is -2.58. The van der Waals surface area contributed by atoms with Gasteiger partial charge in [-0.1, -0.05) is 26.0 Å². The predicted molar refractivity (Wildman–Crippen MR) is 101 cm³/mol. The van der Waals surface area contributed by atoms with E-state index in [1.165, 1.54) is 18.4 Å². The highest BCUT2D eigenvalue weighted by Gasteiger charge is 2.68. The molecule has 1 amide bonds. The van der Waals surface area contributed by atoms with Gasteiger partial charge in [0, 0.05) is 25.1 Å². The molecule has 3 aliphatic rings. The van der Waals surface area contributed by atoms with E-state index >= 15 is 0 Å². The lowest BCUT2D eigenvalue weighted by Gasteiger charge is -2.53. The Hall–Kier alpha value is -1.55. The van der Waals surface area contributed by atoms with Crippen LogP contribution >= 0.6 is 0 Å². The van der Waals surface area contributed by atoms with Crippen molar-refractivity contribution in [2.24, 2.45) is 22.7 Å². The highest BCUT2D eigenvalue weighted by atomic mass is 16.5. The fraction of sp³-hybridized carbons (Fsp3) is 0.682. The minimum atomic E-state index is 0.0525. The van der Waals surface area contributed by atoms with E-state index in [2.05, 4.69) is 44.3 Å². The van der Waals surface area contributed by atoms with Crippen molar-refractivity contribution in [3.05, 3.63) is 29.3 Å². The number of benzene rings is 1. The van der Waals surface area contributed by atoms with Gasteiger partial charge < -0.3 is 14.8 Å². The molecule has 1 aromatic carbocycles. The molecule has 1 N–H and O–H groups in total.